The highest BCUT2D eigenvalue weighted by molar-refractivity contribution is 7.89. The van der Waals surface area contributed by atoms with Crippen LogP contribution in [0.1, 0.15) is 43.0 Å². The third-order valence-corrected chi connectivity index (χ3v) is 7.34. The molecule has 0 aliphatic carbocycles. The first-order valence-corrected chi connectivity index (χ1v) is 10.3. The summed E-state index contributed by atoms with van der Waals surface area (Å²) >= 11 is 0. The fourth-order valence-electron chi connectivity index (χ4n) is 3.96. The van der Waals surface area contributed by atoms with Crippen LogP contribution in [0, 0.1) is 0 Å². The summed E-state index contributed by atoms with van der Waals surface area (Å²) in [6, 6.07) is 6.75. The molecular weight excluding hydrogens is 340 g/mol. The van der Waals surface area contributed by atoms with Crippen molar-refractivity contribution in [2.75, 3.05) is 26.2 Å². The molecule has 1 aromatic carbocycles. The molecule has 0 aromatic heterocycles. The van der Waals surface area contributed by atoms with E-state index in [4.69, 9.17) is 0 Å². The molecule has 2 saturated heterocycles. The number of nitrogens with zero attached hydrogens (tertiary/aromatic N) is 2. The van der Waals surface area contributed by atoms with E-state index >= 15 is 0 Å². The molecule has 0 saturated carbocycles. The first-order valence-electron chi connectivity index (χ1n) is 8.91. The smallest absolute Gasteiger partial charge is 0.243 e. The van der Waals surface area contributed by atoms with Gasteiger partial charge in [0.05, 0.1) is 11.5 Å². The van der Waals surface area contributed by atoms with Crippen molar-refractivity contribution in [1.29, 1.82) is 0 Å². The van der Waals surface area contributed by atoms with E-state index in [-0.39, 0.29) is 23.3 Å². The van der Waals surface area contributed by atoms with Gasteiger partial charge in [-0.05, 0) is 51.3 Å². The van der Waals surface area contributed by atoms with Gasteiger partial charge in [-0.1, -0.05) is 12.1 Å². The summed E-state index contributed by atoms with van der Waals surface area (Å²) in [5, 5.41) is 9.49. The summed E-state index contributed by atoms with van der Waals surface area (Å²) < 4.78 is 27.1. The predicted molar refractivity (Wildman–Crippen MR) is 95.0 cm³/mol. The van der Waals surface area contributed by atoms with Crippen LogP contribution in [0.15, 0.2) is 29.2 Å². The van der Waals surface area contributed by atoms with Gasteiger partial charge in [-0.15, -0.1) is 0 Å². The summed E-state index contributed by atoms with van der Waals surface area (Å²) in [7, 11) is -3.52. The van der Waals surface area contributed by atoms with Crippen molar-refractivity contribution in [2.24, 2.45) is 0 Å². The molecule has 1 aromatic rings. The van der Waals surface area contributed by atoms with Gasteiger partial charge in [0.1, 0.15) is 0 Å². The van der Waals surface area contributed by atoms with Crippen LogP contribution >= 0.6 is 0 Å². The molecule has 2 aliphatic heterocycles. The number of sulfonamides is 1. The molecule has 2 fully saturated rings. The number of aliphatic hydroxyl groups excluding tert-OH is 1. The first-order chi connectivity index (χ1) is 11.9. The number of Topliss-reactive ketones (excluding diaryl/α,β-unsaturated/α-hetero) is 1. The lowest BCUT2D eigenvalue weighted by atomic mass is 10.0. The number of aliphatic hydroxyl groups is 1. The maximum Gasteiger partial charge on any atom is 0.243 e. The largest absolute Gasteiger partial charge is 0.395 e. The fraction of sp³-hybridized carbons (Fsp3) is 0.611. The minimum atomic E-state index is -3.52. The molecule has 0 radical (unpaired) electrons. The molecule has 138 valence electrons. The van der Waals surface area contributed by atoms with E-state index in [1.165, 1.54) is 23.4 Å². The zero-order valence-electron chi connectivity index (χ0n) is 14.6. The van der Waals surface area contributed by atoms with Gasteiger partial charge in [-0.3, -0.25) is 9.69 Å². The van der Waals surface area contributed by atoms with Gasteiger partial charge in [-0.2, -0.15) is 4.31 Å². The van der Waals surface area contributed by atoms with Crippen molar-refractivity contribution in [3.63, 3.8) is 0 Å². The van der Waals surface area contributed by atoms with Gasteiger partial charge in [0.15, 0.2) is 5.78 Å². The average Bonchev–Trinajstić information content (AvgIpc) is 3.10. The maximum absolute atomic E-state index is 12.8. The summed E-state index contributed by atoms with van der Waals surface area (Å²) in [4.78, 5) is 13.9. The van der Waals surface area contributed by atoms with E-state index in [1.807, 2.05) is 0 Å². The molecule has 3 rings (SSSR count). The van der Waals surface area contributed by atoms with E-state index < -0.39 is 10.0 Å². The molecule has 0 unspecified atom stereocenters. The molecule has 1 atom stereocenters. The van der Waals surface area contributed by atoms with E-state index in [1.54, 1.807) is 12.1 Å². The molecule has 0 bridgehead atoms. The van der Waals surface area contributed by atoms with Crippen LogP contribution in [0.25, 0.3) is 0 Å². The topological polar surface area (TPSA) is 77.9 Å². The number of hydrogen-bond donors (Lipinski definition) is 1. The zero-order valence-corrected chi connectivity index (χ0v) is 15.4. The van der Waals surface area contributed by atoms with Crippen molar-refractivity contribution in [3.05, 3.63) is 29.8 Å². The van der Waals surface area contributed by atoms with Crippen LogP contribution in [0.3, 0.4) is 0 Å². The molecular formula is C18H26N2O4S. The second kappa shape index (κ2) is 7.53. The number of piperidine rings is 1. The third kappa shape index (κ3) is 3.79. The Labute approximate surface area is 149 Å². The number of ketones is 1. The van der Waals surface area contributed by atoms with Crippen LogP contribution in [-0.2, 0) is 10.0 Å². The molecule has 7 heteroatoms. The highest BCUT2D eigenvalue weighted by Crippen LogP contribution is 2.28. The van der Waals surface area contributed by atoms with Gasteiger partial charge in [0.2, 0.25) is 10.0 Å². The van der Waals surface area contributed by atoms with E-state index in [9.17, 15) is 18.3 Å². The summed E-state index contributed by atoms with van der Waals surface area (Å²) in [5.74, 6) is -0.0752. The summed E-state index contributed by atoms with van der Waals surface area (Å²) in [6.07, 6.45) is 3.71. The van der Waals surface area contributed by atoms with Crippen molar-refractivity contribution in [3.8, 4) is 0 Å². The monoisotopic (exact) mass is 366 g/mol. The SMILES string of the molecule is CC(=O)c1ccc(S(=O)(=O)N2CCC(N3CCC[C@@H]3CO)CC2)cc1. The number of carbonyl (C=O) groups excluding carboxylic acids is 1. The second-order valence-corrected chi connectivity index (χ2v) is 8.87. The maximum atomic E-state index is 12.8. The number of carbonyl (C=O) groups is 1. The molecule has 6 nitrogen and oxygen atoms in total. The Hall–Kier alpha value is -1.28. The van der Waals surface area contributed by atoms with Crippen LogP contribution in [-0.4, -0.2) is 66.8 Å². The van der Waals surface area contributed by atoms with Crippen LogP contribution in [0.5, 0.6) is 0 Å². The van der Waals surface area contributed by atoms with Crippen LogP contribution in [0.4, 0.5) is 0 Å². The normalized spacial score (nSPS) is 23.8. The molecule has 25 heavy (non-hydrogen) atoms. The van der Waals surface area contributed by atoms with Crippen molar-refractivity contribution >= 4 is 15.8 Å². The lowest BCUT2D eigenvalue weighted by molar-refractivity contribution is 0.0899. The molecule has 2 aliphatic rings. The van der Waals surface area contributed by atoms with Crippen molar-refractivity contribution in [2.45, 2.75) is 49.6 Å². The van der Waals surface area contributed by atoms with Gasteiger partial charge in [-0.25, -0.2) is 8.42 Å². The van der Waals surface area contributed by atoms with Gasteiger partial charge >= 0.3 is 0 Å². The lowest BCUT2D eigenvalue weighted by Crippen LogP contribution is -2.48. The molecule has 1 N–H and O–H groups in total. The minimum absolute atomic E-state index is 0.0752. The minimum Gasteiger partial charge on any atom is -0.395 e. The quantitative estimate of drug-likeness (QED) is 0.799. The zero-order chi connectivity index (χ0) is 18.0. The Balaban J connectivity index is 1.66. The Morgan fingerprint density at radius 2 is 1.76 bits per heavy atom. The van der Waals surface area contributed by atoms with E-state index in [0.29, 0.717) is 24.7 Å². The number of hydrogen-bond acceptors (Lipinski definition) is 5. The van der Waals surface area contributed by atoms with Gasteiger partial charge in [0.25, 0.3) is 0 Å². The second-order valence-electron chi connectivity index (χ2n) is 6.93. The van der Waals surface area contributed by atoms with E-state index in [2.05, 4.69) is 4.90 Å². The Morgan fingerprint density at radius 3 is 2.32 bits per heavy atom. The highest BCUT2D eigenvalue weighted by atomic mass is 32.2. The molecule has 2 heterocycles. The van der Waals surface area contributed by atoms with Crippen molar-refractivity contribution in [1.82, 2.24) is 9.21 Å². The highest BCUT2D eigenvalue weighted by Gasteiger charge is 2.35. The number of rotatable bonds is 5. The summed E-state index contributed by atoms with van der Waals surface area (Å²) in [6.45, 7) is 3.63. The summed E-state index contributed by atoms with van der Waals surface area (Å²) in [5.41, 5.74) is 0.515. The Bertz CT molecular complexity index is 709. The van der Waals surface area contributed by atoms with Gasteiger partial charge < -0.3 is 5.11 Å². The Kier molecular flexibility index (Phi) is 5.58. The predicted octanol–water partition coefficient (Wildman–Crippen LogP) is 1.50. The fourth-order valence-corrected chi connectivity index (χ4v) is 5.43. The molecule has 0 spiro atoms. The molecule has 0 amide bonds. The Morgan fingerprint density at radius 1 is 1.12 bits per heavy atom. The number of benzene rings is 1. The average molecular weight is 366 g/mol. The standard InChI is InChI=1S/C18H26N2O4S/c1-14(22)15-4-6-18(7-5-15)25(23,24)19-11-8-16(9-12-19)20-10-2-3-17(20)13-21/h4-7,16-17,21H,2-3,8-13H2,1H3/t17-/m1/s1. The van der Waals surface area contributed by atoms with Crippen molar-refractivity contribution < 1.29 is 18.3 Å². The van der Waals surface area contributed by atoms with E-state index in [0.717, 1.165) is 32.2 Å². The first kappa shape index (κ1) is 18.5. The van der Waals surface area contributed by atoms with Crippen LogP contribution in [0.2, 0.25) is 0 Å². The van der Waals surface area contributed by atoms with Crippen LogP contribution < -0.4 is 0 Å². The lowest BCUT2D eigenvalue weighted by Gasteiger charge is -2.38. The van der Waals surface area contributed by atoms with Gasteiger partial charge in [0, 0.05) is 30.7 Å². The number of likely N-dealkylation sites (tertiary alicyclic amines) is 1. The third-order valence-electron chi connectivity index (χ3n) is 5.42.